The maximum atomic E-state index is 13.4. The van der Waals surface area contributed by atoms with Gasteiger partial charge in [0.2, 0.25) is 0 Å². The molecule has 1 amide bonds. The molecule has 1 N–H and O–H groups in total. The predicted molar refractivity (Wildman–Crippen MR) is 98.0 cm³/mol. The number of benzene rings is 1. The molecule has 27 heavy (non-hydrogen) atoms. The van der Waals surface area contributed by atoms with Crippen molar-refractivity contribution in [3.05, 3.63) is 41.3 Å². The van der Waals surface area contributed by atoms with Gasteiger partial charge in [0.15, 0.2) is 0 Å². The van der Waals surface area contributed by atoms with Crippen LogP contribution in [0.1, 0.15) is 24.1 Å². The fourth-order valence-electron chi connectivity index (χ4n) is 4.70. The predicted octanol–water partition coefficient (Wildman–Crippen LogP) is 1.90. The number of aliphatic hydroxyl groups is 1. The fraction of sp³-hybridized carbons (Fsp3) is 0.500. The van der Waals surface area contributed by atoms with Crippen LogP contribution in [0.5, 0.6) is 0 Å². The van der Waals surface area contributed by atoms with E-state index < -0.39 is 6.10 Å². The van der Waals surface area contributed by atoms with E-state index in [0.29, 0.717) is 25.1 Å². The zero-order valence-corrected chi connectivity index (χ0v) is 15.1. The summed E-state index contributed by atoms with van der Waals surface area (Å²) in [5.74, 6) is -0.304. The summed E-state index contributed by atoms with van der Waals surface area (Å²) in [6.07, 6.45) is 2.42. The summed E-state index contributed by atoms with van der Waals surface area (Å²) >= 11 is 0. The van der Waals surface area contributed by atoms with E-state index >= 15 is 0 Å². The van der Waals surface area contributed by atoms with Gasteiger partial charge in [-0.3, -0.25) is 0 Å². The molecular formula is C20H23FN4O2. The number of hydrogen-bond donors (Lipinski definition) is 1. The highest BCUT2D eigenvalue weighted by Gasteiger charge is 2.36. The van der Waals surface area contributed by atoms with Crippen molar-refractivity contribution in [2.75, 3.05) is 26.2 Å². The number of fused-ring (bicyclic) bond motifs is 5. The van der Waals surface area contributed by atoms with Crippen molar-refractivity contribution in [1.82, 2.24) is 19.6 Å². The van der Waals surface area contributed by atoms with Crippen LogP contribution < -0.4 is 0 Å². The molecule has 2 aromatic rings. The van der Waals surface area contributed by atoms with Gasteiger partial charge in [-0.15, -0.1) is 0 Å². The number of aromatic nitrogens is 2. The minimum atomic E-state index is -0.498. The largest absolute Gasteiger partial charge is 0.392 e. The molecule has 6 nitrogen and oxygen atoms in total. The number of aliphatic hydroxyl groups excluding tert-OH is 1. The lowest BCUT2D eigenvalue weighted by Crippen LogP contribution is -2.44. The third kappa shape index (κ3) is 2.85. The zero-order chi connectivity index (χ0) is 18.5. The van der Waals surface area contributed by atoms with Crippen molar-refractivity contribution in [2.24, 2.45) is 0 Å². The van der Waals surface area contributed by atoms with Gasteiger partial charge in [-0.05, 0) is 37.1 Å². The highest BCUT2D eigenvalue weighted by atomic mass is 19.1. The van der Waals surface area contributed by atoms with E-state index in [2.05, 4.69) is 10.00 Å². The molecule has 1 aromatic carbocycles. The Morgan fingerprint density at radius 2 is 1.81 bits per heavy atom. The van der Waals surface area contributed by atoms with Crippen LogP contribution in [-0.4, -0.2) is 69.0 Å². The first-order valence-corrected chi connectivity index (χ1v) is 9.68. The molecule has 142 valence electrons. The average Bonchev–Trinajstić information content (AvgIpc) is 3.05. The van der Waals surface area contributed by atoms with Gasteiger partial charge in [0.1, 0.15) is 5.82 Å². The van der Waals surface area contributed by atoms with Crippen molar-refractivity contribution in [3.8, 4) is 11.3 Å². The molecule has 7 heteroatoms. The molecule has 1 atom stereocenters. The molecule has 0 spiro atoms. The molecule has 1 aromatic heterocycles. The Hall–Kier alpha value is -2.25. The molecule has 2 bridgehead atoms. The summed E-state index contributed by atoms with van der Waals surface area (Å²) < 4.78 is 14.8. The van der Waals surface area contributed by atoms with Gasteiger partial charge in [-0.25, -0.2) is 9.18 Å². The zero-order valence-electron chi connectivity index (χ0n) is 15.1. The summed E-state index contributed by atoms with van der Waals surface area (Å²) in [7, 11) is 0. The molecule has 3 saturated heterocycles. The molecule has 0 radical (unpaired) electrons. The first-order valence-electron chi connectivity index (χ1n) is 9.68. The van der Waals surface area contributed by atoms with Crippen LogP contribution in [0, 0.1) is 5.82 Å². The molecule has 6 rings (SSSR count). The summed E-state index contributed by atoms with van der Waals surface area (Å²) in [6, 6.07) is 6.32. The minimum Gasteiger partial charge on any atom is -0.392 e. The van der Waals surface area contributed by atoms with E-state index in [-0.39, 0.29) is 17.9 Å². The van der Waals surface area contributed by atoms with Crippen LogP contribution in [0.4, 0.5) is 9.18 Å². The first-order chi connectivity index (χ1) is 13.1. The van der Waals surface area contributed by atoms with Crippen LogP contribution in [-0.2, 0) is 12.8 Å². The van der Waals surface area contributed by atoms with Gasteiger partial charge in [-0.1, -0.05) is 0 Å². The molecule has 1 aliphatic carbocycles. The van der Waals surface area contributed by atoms with Gasteiger partial charge in [0.05, 0.1) is 17.5 Å². The second kappa shape index (κ2) is 6.42. The normalized spacial score (nSPS) is 26.9. The number of nitrogens with zero attached hydrogens (tertiary/aromatic N) is 4. The Kier molecular flexibility index (Phi) is 4.02. The Labute approximate surface area is 157 Å². The summed E-state index contributed by atoms with van der Waals surface area (Å²) in [5.41, 5.74) is 3.16. The molecule has 4 heterocycles. The summed E-state index contributed by atoms with van der Waals surface area (Å²) in [4.78, 5) is 17.7. The van der Waals surface area contributed by atoms with Crippen LogP contribution in [0.3, 0.4) is 0 Å². The fourth-order valence-corrected chi connectivity index (χ4v) is 4.70. The average molecular weight is 370 g/mol. The molecule has 3 aliphatic heterocycles. The SMILES string of the molecule is O=C(N1CCN2CCC1CC2)n1nc(-c2ccc(F)cc2)c2c1C[C@H](O)C2. The lowest BCUT2D eigenvalue weighted by atomic mass is 10.1. The van der Waals surface area contributed by atoms with E-state index in [4.69, 9.17) is 0 Å². The van der Waals surface area contributed by atoms with Crippen molar-refractivity contribution in [3.63, 3.8) is 0 Å². The Balaban J connectivity index is 1.53. The van der Waals surface area contributed by atoms with Crippen LogP contribution >= 0.6 is 0 Å². The third-order valence-electron chi connectivity index (χ3n) is 6.16. The van der Waals surface area contributed by atoms with E-state index in [0.717, 1.165) is 49.3 Å². The lowest BCUT2D eigenvalue weighted by Gasteiger charge is -2.31. The van der Waals surface area contributed by atoms with Crippen molar-refractivity contribution < 1.29 is 14.3 Å². The quantitative estimate of drug-likeness (QED) is 0.833. The molecule has 4 aliphatic rings. The maximum absolute atomic E-state index is 13.4. The highest BCUT2D eigenvalue weighted by Crippen LogP contribution is 2.33. The van der Waals surface area contributed by atoms with E-state index in [9.17, 15) is 14.3 Å². The second-order valence-corrected chi connectivity index (χ2v) is 7.80. The summed E-state index contributed by atoms with van der Waals surface area (Å²) in [5, 5.41) is 14.8. The standard InChI is InChI=1S/C20H23FN4O2/c21-14-3-1-13(2-4-14)19-17-11-16(26)12-18(17)25(22-19)20(27)24-10-9-23-7-5-15(24)6-8-23/h1-4,15-16,26H,5-12H2/t16-/m1/s1. The van der Waals surface area contributed by atoms with Gasteiger partial charge in [-0.2, -0.15) is 9.78 Å². The van der Waals surface area contributed by atoms with Crippen LogP contribution in [0.15, 0.2) is 24.3 Å². The molecule has 0 unspecified atom stereocenters. The second-order valence-electron chi connectivity index (χ2n) is 7.80. The number of carbonyl (C=O) groups excluding carboxylic acids is 1. The smallest absolute Gasteiger partial charge is 0.345 e. The molecule has 0 saturated carbocycles. The first kappa shape index (κ1) is 16.9. The number of amides is 1. The third-order valence-corrected chi connectivity index (χ3v) is 6.16. The number of halogens is 1. The van der Waals surface area contributed by atoms with Crippen LogP contribution in [0.2, 0.25) is 0 Å². The van der Waals surface area contributed by atoms with Crippen molar-refractivity contribution >= 4 is 6.03 Å². The molecular weight excluding hydrogens is 347 g/mol. The van der Waals surface area contributed by atoms with Crippen LogP contribution in [0.25, 0.3) is 11.3 Å². The monoisotopic (exact) mass is 370 g/mol. The summed E-state index contributed by atoms with van der Waals surface area (Å²) in [6.45, 7) is 3.71. The van der Waals surface area contributed by atoms with E-state index in [1.54, 1.807) is 12.1 Å². The topological polar surface area (TPSA) is 61.6 Å². The number of rotatable bonds is 1. The van der Waals surface area contributed by atoms with Crippen molar-refractivity contribution in [2.45, 2.75) is 37.8 Å². The minimum absolute atomic E-state index is 0.0949. The lowest BCUT2D eigenvalue weighted by molar-refractivity contribution is 0.166. The van der Waals surface area contributed by atoms with Crippen molar-refractivity contribution in [1.29, 1.82) is 0 Å². The number of carbonyl (C=O) groups is 1. The Morgan fingerprint density at radius 3 is 2.56 bits per heavy atom. The Bertz CT molecular complexity index is 871. The van der Waals surface area contributed by atoms with Gasteiger partial charge in [0.25, 0.3) is 0 Å². The number of piperidine rings is 1. The van der Waals surface area contributed by atoms with Gasteiger partial charge in [0, 0.05) is 56.2 Å². The Morgan fingerprint density at radius 1 is 1.07 bits per heavy atom. The van der Waals surface area contributed by atoms with Gasteiger partial charge < -0.3 is 14.9 Å². The molecule has 3 fully saturated rings. The maximum Gasteiger partial charge on any atom is 0.345 e. The van der Waals surface area contributed by atoms with E-state index in [1.165, 1.54) is 16.8 Å². The highest BCUT2D eigenvalue weighted by molar-refractivity contribution is 5.80. The van der Waals surface area contributed by atoms with Gasteiger partial charge >= 0.3 is 6.03 Å². The van der Waals surface area contributed by atoms with E-state index in [1.807, 2.05) is 4.90 Å². The number of hydrogen-bond acceptors (Lipinski definition) is 4.